The Hall–Kier alpha value is -1.73. The highest BCUT2D eigenvalue weighted by Gasteiger charge is 2.26. The molecule has 3 nitrogen and oxygen atoms in total. The highest BCUT2D eigenvalue weighted by Crippen LogP contribution is 2.23. The van der Waals surface area contributed by atoms with E-state index in [0.717, 1.165) is 10.8 Å². The number of halogens is 3. The minimum atomic E-state index is -4.16. The molecule has 2 aromatic carbocycles. The van der Waals surface area contributed by atoms with Crippen LogP contribution in [0.1, 0.15) is 12.8 Å². The first kappa shape index (κ1) is 15.7. The van der Waals surface area contributed by atoms with Gasteiger partial charge in [0.2, 0.25) is 0 Å². The molecule has 2 N–H and O–H groups in total. The third kappa shape index (κ3) is 4.65. The van der Waals surface area contributed by atoms with Crippen molar-refractivity contribution < 1.29 is 28.0 Å². The van der Waals surface area contributed by atoms with Gasteiger partial charge in [-0.2, -0.15) is 13.2 Å². The Morgan fingerprint density at radius 1 is 1.00 bits per heavy atom. The van der Waals surface area contributed by atoms with Crippen LogP contribution in [-0.2, 0) is 0 Å². The number of fused-ring (bicyclic) bond motifs is 1. The van der Waals surface area contributed by atoms with E-state index >= 15 is 0 Å². The summed E-state index contributed by atoms with van der Waals surface area (Å²) in [6, 6.07) is 9.97. The van der Waals surface area contributed by atoms with Gasteiger partial charge < -0.3 is 14.8 Å². The van der Waals surface area contributed by atoms with Crippen LogP contribution in [0.5, 0.6) is 5.75 Å². The largest absolute Gasteiger partial charge is 0.494 e. The number of hydrogen-bond acceptors (Lipinski definition) is 3. The molecule has 0 aromatic heterocycles. The zero-order valence-corrected chi connectivity index (χ0v) is 11.1. The van der Waals surface area contributed by atoms with Crippen LogP contribution < -0.4 is 10.2 Å². The second kappa shape index (κ2) is 6.36. The third-order valence-corrected chi connectivity index (χ3v) is 3.01. The number of ether oxygens (including phenoxy) is 1. The molecule has 112 valence electrons. The van der Waals surface area contributed by atoms with E-state index in [1.54, 1.807) is 36.4 Å². The highest BCUT2D eigenvalue weighted by molar-refractivity contribution is 6.58. The molecule has 0 bridgehead atoms. The summed E-state index contributed by atoms with van der Waals surface area (Å²) in [5.41, 5.74) is 0.376. The summed E-state index contributed by atoms with van der Waals surface area (Å²) >= 11 is 0. The van der Waals surface area contributed by atoms with E-state index in [9.17, 15) is 13.2 Å². The second-order valence-electron chi connectivity index (χ2n) is 4.71. The van der Waals surface area contributed by atoms with E-state index < -0.39 is 19.7 Å². The van der Waals surface area contributed by atoms with E-state index in [2.05, 4.69) is 0 Å². The van der Waals surface area contributed by atoms with E-state index in [1.165, 1.54) is 0 Å². The molecule has 0 aliphatic heterocycles. The van der Waals surface area contributed by atoms with Gasteiger partial charge in [0.05, 0.1) is 6.61 Å². The van der Waals surface area contributed by atoms with Crippen molar-refractivity contribution in [2.75, 3.05) is 6.61 Å². The van der Waals surface area contributed by atoms with Crippen LogP contribution in [0.2, 0.25) is 0 Å². The Balaban J connectivity index is 2.01. The van der Waals surface area contributed by atoms with Gasteiger partial charge in [-0.15, -0.1) is 0 Å². The molecule has 0 spiro atoms. The first-order chi connectivity index (χ1) is 9.85. The lowest BCUT2D eigenvalue weighted by Gasteiger charge is -2.09. The summed E-state index contributed by atoms with van der Waals surface area (Å²) in [4.78, 5) is 0. The summed E-state index contributed by atoms with van der Waals surface area (Å²) in [7, 11) is -1.53. The van der Waals surface area contributed by atoms with Gasteiger partial charge in [-0.05, 0) is 34.8 Å². The zero-order chi connectivity index (χ0) is 15.5. The van der Waals surface area contributed by atoms with Crippen molar-refractivity contribution in [3.05, 3.63) is 36.4 Å². The monoisotopic (exact) mass is 298 g/mol. The minimum Gasteiger partial charge on any atom is -0.494 e. The quantitative estimate of drug-likeness (QED) is 0.657. The predicted octanol–water partition coefficient (Wildman–Crippen LogP) is 2.24. The molecular formula is C14H14BF3O3. The van der Waals surface area contributed by atoms with Crippen molar-refractivity contribution in [1.29, 1.82) is 0 Å². The molecule has 0 unspecified atom stereocenters. The second-order valence-corrected chi connectivity index (χ2v) is 4.71. The van der Waals surface area contributed by atoms with E-state index in [1.807, 2.05) is 0 Å². The van der Waals surface area contributed by atoms with Gasteiger partial charge in [0.25, 0.3) is 0 Å². The summed E-state index contributed by atoms with van der Waals surface area (Å²) in [5, 5.41) is 19.8. The lowest BCUT2D eigenvalue weighted by atomic mass is 9.79. The minimum absolute atomic E-state index is 0.00153. The molecule has 0 amide bonds. The summed E-state index contributed by atoms with van der Waals surface area (Å²) in [6.07, 6.45) is -5.11. The molecule has 2 rings (SSSR count). The molecule has 21 heavy (non-hydrogen) atoms. The molecular weight excluding hydrogens is 284 g/mol. The van der Waals surface area contributed by atoms with E-state index in [4.69, 9.17) is 14.8 Å². The first-order valence-corrected chi connectivity index (χ1v) is 6.44. The van der Waals surface area contributed by atoms with Crippen molar-refractivity contribution in [3.8, 4) is 5.75 Å². The van der Waals surface area contributed by atoms with E-state index in [-0.39, 0.29) is 13.0 Å². The van der Waals surface area contributed by atoms with Crippen molar-refractivity contribution in [2.24, 2.45) is 0 Å². The fourth-order valence-electron chi connectivity index (χ4n) is 1.96. The Bertz CT molecular complexity index is 614. The maximum atomic E-state index is 12.0. The average molecular weight is 298 g/mol. The molecule has 0 saturated carbocycles. The first-order valence-electron chi connectivity index (χ1n) is 6.44. The van der Waals surface area contributed by atoms with Crippen LogP contribution in [0.4, 0.5) is 13.2 Å². The van der Waals surface area contributed by atoms with Crippen LogP contribution in [0, 0.1) is 0 Å². The smallest absolute Gasteiger partial charge is 0.488 e. The maximum absolute atomic E-state index is 12.0. The lowest BCUT2D eigenvalue weighted by Crippen LogP contribution is -2.29. The number of hydrogen-bond donors (Lipinski definition) is 2. The van der Waals surface area contributed by atoms with Gasteiger partial charge >= 0.3 is 13.3 Å². The molecule has 0 saturated heterocycles. The number of benzene rings is 2. The molecule has 0 aliphatic carbocycles. The topological polar surface area (TPSA) is 49.7 Å². The van der Waals surface area contributed by atoms with E-state index in [0.29, 0.717) is 11.2 Å². The highest BCUT2D eigenvalue weighted by atomic mass is 19.4. The van der Waals surface area contributed by atoms with Crippen molar-refractivity contribution >= 4 is 23.4 Å². The van der Waals surface area contributed by atoms with Crippen molar-refractivity contribution in [2.45, 2.75) is 19.0 Å². The maximum Gasteiger partial charge on any atom is 0.488 e. The van der Waals surface area contributed by atoms with Crippen LogP contribution in [-0.4, -0.2) is 29.9 Å². The van der Waals surface area contributed by atoms with Gasteiger partial charge in [-0.1, -0.05) is 24.3 Å². The fraction of sp³-hybridized carbons (Fsp3) is 0.286. The Morgan fingerprint density at radius 3 is 2.33 bits per heavy atom. The average Bonchev–Trinajstić information content (AvgIpc) is 2.41. The van der Waals surface area contributed by atoms with Crippen LogP contribution in [0.3, 0.4) is 0 Å². The van der Waals surface area contributed by atoms with Crippen LogP contribution in [0.25, 0.3) is 10.8 Å². The molecule has 0 heterocycles. The van der Waals surface area contributed by atoms with Crippen molar-refractivity contribution in [3.63, 3.8) is 0 Å². The third-order valence-electron chi connectivity index (χ3n) is 3.01. The lowest BCUT2D eigenvalue weighted by molar-refractivity contribution is -0.136. The molecule has 0 radical (unpaired) electrons. The molecule has 0 fully saturated rings. The number of rotatable bonds is 5. The summed E-state index contributed by atoms with van der Waals surface area (Å²) in [6.45, 7) is -0.00153. The Morgan fingerprint density at radius 2 is 1.67 bits per heavy atom. The molecule has 7 heteroatoms. The van der Waals surface area contributed by atoms with Crippen LogP contribution >= 0.6 is 0 Å². The van der Waals surface area contributed by atoms with Gasteiger partial charge in [0, 0.05) is 6.42 Å². The Labute approximate surface area is 120 Å². The molecule has 0 aliphatic rings. The standard InChI is InChI=1S/C14H14BF3O3/c16-14(17,18)6-1-7-21-13-5-3-10-8-12(15(19)20)4-2-11(10)9-13/h2-5,8-9,19-20H,1,6-7H2. The van der Waals surface area contributed by atoms with Gasteiger partial charge in [-0.3, -0.25) is 0 Å². The SMILES string of the molecule is OB(O)c1ccc2cc(OCCCC(F)(F)F)ccc2c1. The molecule has 2 aromatic rings. The number of alkyl halides is 3. The predicted molar refractivity (Wildman–Crippen MR) is 74.6 cm³/mol. The fourth-order valence-corrected chi connectivity index (χ4v) is 1.96. The van der Waals surface area contributed by atoms with Gasteiger partial charge in [0.1, 0.15) is 5.75 Å². The summed E-state index contributed by atoms with van der Waals surface area (Å²) < 4.78 is 41.3. The van der Waals surface area contributed by atoms with Gasteiger partial charge in [0.15, 0.2) is 0 Å². The zero-order valence-electron chi connectivity index (χ0n) is 11.1. The normalized spacial score (nSPS) is 11.7. The van der Waals surface area contributed by atoms with Gasteiger partial charge in [-0.25, -0.2) is 0 Å². The van der Waals surface area contributed by atoms with Crippen molar-refractivity contribution in [1.82, 2.24) is 0 Å². The van der Waals surface area contributed by atoms with Crippen LogP contribution in [0.15, 0.2) is 36.4 Å². The summed E-state index contributed by atoms with van der Waals surface area (Å²) in [5.74, 6) is 0.488. The Kier molecular flexibility index (Phi) is 4.75. The molecule has 0 atom stereocenters.